The van der Waals surface area contributed by atoms with Gasteiger partial charge in [0.05, 0.1) is 5.69 Å². The number of hydrogen-bond acceptors (Lipinski definition) is 2. The van der Waals surface area contributed by atoms with E-state index < -0.39 is 0 Å². The summed E-state index contributed by atoms with van der Waals surface area (Å²) < 4.78 is 14.5. The molecule has 0 unspecified atom stereocenters. The minimum atomic E-state index is -0.333. The van der Waals surface area contributed by atoms with E-state index in [0.29, 0.717) is 22.5 Å². The zero-order valence-corrected chi connectivity index (χ0v) is 15.0. The number of benzene rings is 1. The van der Waals surface area contributed by atoms with E-state index in [0.717, 1.165) is 24.8 Å². The molecule has 0 spiro atoms. The minimum Gasteiger partial charge on any atom is -0.359 e. The monoisotopic (exact) mass is 367 g/mol. The first kappa shape index (κ1) is 17.2. The van der Waals surface area contributed by atoms with Crippen LogP contribution in [-0.2, 0) is 4.79 Å². The highest BCUT2D eigenvalue weighted by atomic mass is 79.9. The van der Waals surface area contributed by atoms with Gasteiger partial charge in [-0.15, -0.1) is 0 Å². The molecule has 1 aliphatic carbocycles. The van der Waals surface area contributed by atoms with Gasteiger partial charge in [-0.3, -0.25) is 4.79 Å². The molecule has 1 aromatic carbocycles. The molecule has 1 N–H and O–H groups in total. The smallest absolute Gasteiger partial charge is 0.160 e. The first-order valence-corrected chi connectivity index (χ1v) is 8.56. The lowest BCUT2D eigenvalue weighted by atomic mass is 9.68. The quantitative estimate of drug-likeness (QED) is 0.692. The third-order valence-electron chi connectivity index (χ3n) is 4.89. The maximum atomic E-state index is 13.8. The van der Waals surface area contributed by atoms with Crippen LogP contribution < -0.4 is 5.32 Å². The molecule has 0 heterocycles. The van der Waals surface area contributed by atoms with Crippen LogP contribution in [-0.4, -0.2) is 5.78 Å². The summed E-state index contributed by atoms with van der Waals surface area (Å²) in [5.74, 6) is 0.339. The van der Waals surface area contributed by atoms with Gasteiger partial charge in [0.1, 0.15) is 5.82 Å². The molecule has 1 atom stereocenters. The molecule has 120 valence electrons. The number of rotatable bonds is 4. The average Bonchev–Trinajstić information content (AvgIpc) is 2.47. The van der Waals surface area contributed by atoms with Crippen LogP contribution >= 0.6 is 15.9 Å². The van der Waals surface area contributed by atoms with Crippen molar-refractivity contribution in [2.75, 3.05) is 5.32 Å². The Bertz CT molecular complexity index is 595. The molecule has 2 rings (SSSR count). The second kappa shape index (κ2) is 6.95. The fraction of sp³-hybridized carbons (Fsp3) is 0.500. The Morgan fingerprint density at radius 3 is 2.82 bits per heavy atom. The van der Waals surface area contributed by atoms with Crippen molar-refractivity contribution in [1.29, 1.82) is 0 Å². The van der Waals surface area contributed by atoms with Crippen molar-refractivity contribution in [3.05, 3.63) is 40.3 Å². The Kier molecular flexibility index (Phi) is 5.43. The summed E-state index contributed by atoms with van der Waals surface area (Å²) in [4.78, 5) is 12.1. The van der Waals surface area contributed by atoms with Crippen LogP contribution in [0.3, 0.4) is 0 Å². The number of Topliss-reactive ketones (excluding diaryl/α,β-unsaturated/α-hetero) is 1. The Labute approximate surface area is 140 Å². The number of carbonyl (C=O) groups is 1. The van der Waals surface area contributed by atoms with Gasteiger partial charge in [-0.05, 0) is 42.4 Å². The topological polar surface area (TPSA) is 29.1 Å². The molecule has 0 aromatic heterocycles. The van der Waals surface area contributed by atoms with Crippen molar-refractivity contribution >= 4 is 27.4 Å². The van der Waals surface area contributed by atoms with Crippen molar-refractivity contribution < 1.29 is 9.18 Å². The number of hydrogen-bond donors (Lipinski definition) is 1. The maximum absolute atomic E-state index is 13.8. The third kappa shape index (κ3) is 3.97. The summed E-state index contributed by atoms with van der Waals surface area (Å²) in [6.07, 6.45) is 5.08. The number of anilines is 1. The fourth-order valence-electron chi connectivity index (χ4n) is 2.81. The van der Waals surface area contributed by atoms with E-state index in [-0.39, 0.29) is 17.0 Å². The van der Waals surface area contributed by atoms with E-state index in [1.807, 2.05) is 0 Å². The zero-order chi connectivity index (χ0) is 16.3. The molecule has 0 saturated heterocycles. The van der Waals surface area contributed by atoms with E-state index in [2.05, 4.69) is 42.0 Å². The maximum Gasteiger partial charge on any atom is 0.160 e. The van der Waals surface area contributed by atoms with Gasteiger partial charge in [-0.2, -0.15) is 0 Å². The predicted molar refractivity (Wildman–Crippen MR) is 92.2 cm³/mol. The van der Waals surface area contributed by atoms with Crippen LogP contribution in [0.25, 0.3) is 0 Å². The van der Waals surface area contributed by atoms with Gasteiger partial charge < -0.3 is 5.32 Å². The summed E-state index contributed by atoms with van der Waals surface area (Å²) >= 11 is 3.23. The third-order valence-corrected chi connectivity index (χ3v) is 5.39. The summed E-state index contributed by atoms with van der Waals surface area (Å²) in [6.45, 7) is 6.70. The van der Waals surface area contributed by atoms with Gasteiger partial charge in [0.25, 0.3) is 0 Å². The fourth-order valence-corrected chi connectivity index (χ4v) is 3.15. The summed E-state index contributed by atoms with van der Waals surface area (Å²) in [6, 6.07) is 4.85. The lowest BCUT2D eigenvalue weighted by Gasteiger charge is -2.36. The van der Waals surface area contributed by atoms with Crippen molar-refractivity contribution in [3.8, 4) is 0 Å². The molecule has 0 amide bonds. The van der Waals surface area contributed by atoms with Crippen LogP contribution in [0, 0.1) is 17.2 Å². The Balaban J connectivity index is 2.13. The van der Waals surface area contributed by atoms with Gasteiger partial charge >= 0.3 is 0 Å². The molecule has 22 heavy (non-hydrogen) atoms. The summed E-state index contributed by atoms with van der Waals surface area (Å²) in [7, 11) is 0. The van der Waals surface area contributed by atoms with E-state index in [1.54, 1.807) is 18.3 Å². The van der Waals surface area contributed by atoms with E-state index in [4.69, 9.17) is 0 Å². The highest BCUT2D eigenvalue weighted by Crippen LogP contribution is 2.41. The second-order valence-electron chi connectivity index (χ2n) is 6.64. The Morgan fingerprint density at radius 1 is 1.45 bits per heavy atom. The van der Waals surface area contributed by atoms with Crippen molar-refractivity contribution in [3.63, 3.8) is 0 Å². The SMILES string of the molecule is CCC(C)(C)[C@H]1CCC(=O)/C(=C/Nc2ccc(Br)cc2F)C1. The Morgan fingerprint density at radius 2 is 2.18 bits per heavy atom. The first-order chi connectivity index (χ1) is 10.3. The lowest BCUT2D eigenvalue weighted by molar-refractivity contribution is -0.117. The lowest BCUT2D eigenvalue weighted by Crippen LogP contribution is -2.29. The van der Waals surface area contributed by atoms with Crippen LogP contribution in [0.15, 0.2) is 34.4 Å². The molecule has 0 aliphatic heterocycles. The molecule has 2 nitrogen and oxygen atoms in total. The summed E-state index contributed by atoms with van der Waals surface area (Å²) in [5, 5.41) is 2.95. The predicted octanol–water partition coefficient (Wildman–Crippen LogP) is 5.69. The van der Waals surface area contributed by atoms with Gasteiger partial charge in [0.15, 0.2) is 5.78 Å². The molecule has 0 radical (unpaired) electrons. The molecule has 4 heteroatoms. The standard InChI is InChI=1S/C18H23BrFNO/c1-4-18(2,3)13-5-8-17(22)12(9-13)11-21-16-7-6-14(19)10-15(16)20/h6-7,10-11,13,21H,4-5,8-9H2,1-3H3/b12-11+/t13-/m0/s1. The minimum absolute atomic E-state index is 0.174. The van der Waals surface area contributed by atoms with Gasteiger partial charge in [0, 0.05) is 22.7 Å². The largest absolute Gasteiger partial charge is 0.359 e. The molecular formula is C18H23BrFNO. The number of nitrogens with one attached hydrogen (secondary N) is 1. The van der Waals surface area contributed by atoms with Gasteiger partial charge in [0.2, 0.25) is 0 Å². The molecule has 1 fully saturated rings. The van der Waals surface area contributed by atoms with Crippen molar-refractivity contribution in [2.45, 2.75) is 46.5 Å². The van der Waals surface area contributed by atoms with Crippen LogP contribution in [0.5, 0.6) is 0 Å². The van der Waals surface area contributed by atoms with Crippen LogP contribution in [0.2, 0.25) is 0 Å². The summed E-state index contributed by atoms with van der Waals surface area (Å²) in [5.41, 5.74) is 1.39. The first-order valence-electron chi connectivity index (χ1n) is 7.77. The number of ketones is 1. The molecule has 1 aliphatic rings. The van der Waals surface area contributed by atoms with Gasteiger partial charge in [-0.25, -0.2) is 4.39 Å². The van der Waals surface area contributed by atoms with Crippen LogP contribution in [0.1, 0.15) is 46.5 Å². The number of allylic oxidation sites excluding steroid dienone is 1. The Hall–Kier alpha value is -1.16. The normalized spacial score (nSPS) is 21.2. The molecule has 1 saturated carbocycles. The molecule has 0 bridgehead atoms. The highest BCUT2D eigenvalue weighted by Gasteiger charge is 2.33. The van der Waals surface area contributed by atoms with E-state index in [9.17, 15) is 9.18 Å². The zero-order valence-electron chi connectivity index (χ0n) is 13.4. The average molecular weight is 368 g/mol. The van der Waals surface area contributed by atoms with Crippen LogP contribution in [0.4, 0.5) is 10.1 Å². The second-order valence-corrected chi connectivity index (χ2v) is 7.56. The highest BCUT2D eigenvalue weighted by molar-refractivity contribution is 9.10. The van der Waals surface area contributed by atoms with E-state index >= 15 is 0 Å². The number of halogens is 2. The molecule has 1 aromatic rings. The van der Waals surface area contributed by atoms with E-state index in [1.165, 1.54) is 6.07 Å². The van der Waals surface area contributed by atoms with Crippen molar-refractivity contribution in [2.24, 2.45) is 11.3 Å². The number of carbonyl (C=O) groups excluding carboxylic acids is 1. The molecular weight excluding hydrogens is 345 g/mol. The van der Waals surface area contributed by atoms with Gasteiger partial charge in [-0.1, -0.05) is 43.1 Å². The van der Waals surface area contributed by atoms with Crippen molar-refractivity contribution in [1.82, 2.24) is 0 Å².